The molecule has 1 unspecified atom stereocenters. The largest absolute Gasteiger partial charge is 0.369 e. The Morgan fingerprint density at radius 1 is 1.25 bits per heavy atom. The van der Waals surface area contributed by atoms with Crippen LogP contribution in [0.2, 0.25) is 0 Å². The van der Waals surface area contributed by atoms with Crippen molar-refractivity contribution in [3.63, 3.8) is 0 Å². The number of nitrogens with one attached hydrogen (secondary N) is 2. The van der Waals surface area contributed by atoms with E-state index in [4.69, 9.17) is 0 Å². The van der Waals surface area contributed by atoms with Gasteiger partial charge >= 0.3 is 0 Å². The summed E-state index contributed by atoms with van der Waals surface area (Å²) in [6.45, 7) is 4.16. The van der Waals surface area contributed by atoms with Crippen LogP contribution in [0.1, 0.15) is 0 Å². The van der Waals surface area contributed by atoms with Gasteiger partial charge < -0.3 is 15.1 Å². The lowest BCUT2D eigenvalue weighted by molar-refractivity contribution is -0.116. The predicted molar refractivity (Wildman–Crippen MR) is 95.7 cm³/mol. The number of allylic oxidation sites excluding steroid dienone is 1. The lowest BCUT2D eigenvalue weighted by Crippen LogP contribution is -2.44. The van der Waals surface area contributed by atoms with E-state index in [0.29, 0.717) is 11.5 Å². The number of nitrogens with zero attached hydrogens (tertiary/aromatic N) is 4. The molecule has 0 aliphatic carbocycles. The molecule has 2 N–H and O–H groups in total. The molecule has 0 bridgehead atoms. The molecule has 0 aromatic heterocycles. The molecule has 1 saturated heterocycles. The fourth-order valence-corrected chi connectivity index (χ4v) is 3.05. The second kappa shape index (κ2) is 6.09. The number of rotatable bonds is 2. The van der Waals surface area contributed by atoms with Gasteiger partial charge in [-0.15, -0.1) is 0 Å². The molecular formula is C17H20N6O. The molecule has 1 amide bonds. The quantitative estimate of drug-likeness (QED) is 0.839. The van der Waals surface area contributed by atoms with Crippen molar-refractivity contribution in [3.05, 3.63) is 35.9 Å². The van der Waals surface area contributed by atoms with Gasteiger partial charge in [0.25, 0.3) is 5.91 Å². The molecule has 24 heavy (non-hydrogen) atoms. The van der Waals surface area contributed by atoms with Gasteiger partial charge in [0.05, 0.1) is 5.57 Å². The molecule has 1 aromatic carbocycles. The Balaban J connectivity index is 1.49. The minimum absolute atomic E-state index is 0.148. The number of fused-ring (bicyclic) bond motifs is 1. The van der Waals surface area contributed by atoms with E-state index in [1.54, 1.807) is 12.3 Å². The van der Waals surface area contributed by atoms with E-state index in [0.717, 1.165) is 31.9 Å². The third kappa shape index (κ3) is 2.90. The van der Waals surface area contributed by atoms with Crippen LogP contribution in [0, 0.1) is 0 Å². The maximum atomic E-state index is 12.0. The van der Waals surface area contributed by atoms with Gasteiger partial charge in [-0.05, 0) is 31.3 Å². The molecule has 4 rings (SSSR count). The minimum Gasteiger partial charge on any atom is -0.369 e. The molecule has 1 atom stereocenters. The second-order valence-corrected chi connectivity index (χ2v) is 6.19. The molecule has 3 heterocycles. The zero-order valence-electron chi connectivity index (χ0n) is 13.6. The standard InChI is InChI=1S/C17H20N6O/c1-22-7-9-23(10-8-22)13-4-2-3-12(11-13)19-17-20-15-14(5-6-18-15)16(24)21-17/h2-6,11,15H,7-10H2,1H3,(H2,19,20,21,24). The summed E-state index contributed by atoms with van der Waals surface area (Å²) in [6, 6.07) is 8.18. The van der Waals surface area contributed by atoms with E-state index in [1.807, 2.05) is 12.1 Å². The van der Waals surface area contributed by atoms with Crippen LogP contribution in [0.25, 0.3) is 0 Å². The first-order valence-corrected chi connectivity index (χ1v) is 8.12. The number of piperazine rings is 1. The molecule has 124 valence electrons. The van der Waals surface area contributed by atoms with Crippen LogP contribution in [0.4, 0.5) is 11.4 Å². The summed E-state index contributed by atoms with van der Waals surface area (Å²) < 4.78 is 0. The van der Waals surface area contributed by atoms with E-state index in [2.05, 4.69) is 49.6 Å². The van der Waals surface area contributed by atoms with Gasteiger partial charge in [-0.2, -0.15) is 0 Å². The fraction of sp³-hybridized carbons (Fsp3) is 0.353. The molecule has 0 radical (unpaired) electrons. The first-order valence-electron chi connectivity index (χ1n) is 8.12. The van der Waals surface area contributed by atoms with E-state index >= 15 is 0 Å². The van der Waals surface area contributed by atoms with Crippen LogP contribution in [-0.2, 0) is 4.79 Å². The second-order valence-electron chi connectivity index (χ2n) is 6.19. The van der Waals surface area contributed by atoms with Gasteiger partial charge in [-0.25, -0.2) is 4.99 Å². The highest BCUT2D eigenvalue weighted by Gasteiger charge is 2.28. The van der Waals surface area contributed by atoms with Crippen LogP contribution in [-0.4, -0.2) is 62.4 Å². The average molecular weight is 324 g/mol. The normalized spacial score (nSPS) is 23.5. The topological polar surface area (TPSA) is 72.3 Å². The lowest BCUT2D eigenvalue weighted by atomic mass is 10.2. The summed E-state index contributed by atoms with van der Waals surface area (Å²) in [5.74, 6) is 0.293. The highest BCUT2D eigenvalue weighted by atomic mass is 16.2. The van der Waals surface area contributed by atoms with Crippen molar-refractivity contribution < 1.29 is 4.79 Å². The fourth-order valence-electron chi connectivity index (χ4n) is 3.05. The number of amides is 1. The van der Waals surface area contributed by atoms with Crippen molar-refractivity contribution in [2.75, 3.05) is 43.4 Å². The Kier molecular flexibility index (Phi) is 3.78. The van der Waals surface area contributed by atoms with E-state index in [-0.39, 0.29) is 5.91 Å². The third-order valence-corrected chi connectivity index (χ3v) is 4.48. The Labute approximate surface area is 140 Å². The number of hydrogen-bond acceptors (Lipinski definition) is 6. The zero-order valence-corrected chi connectivity index (χ0v) is 13.6. The van der Waals surface area contributed by atoms with Crippen LogP contribution in [0.15, 0.2) is 45.9 Å². The summed E-state index contributed by atoms with van der Waals surface area (Å²) in [5.41, 5.74) is 2.67. The van der Waals surface area contributed by atoms with Crippen LogP contribution in [0.3, 0.4) is 0 Å². The Morgan fingerprint density at radius 2 is 2.08 bits per heavy atom. The number of hydrogen-bond donors (Lipinski definition) is 2. The number of anilines is 2. The SMILES string of the molecule is CN1CCN(c2cccc(NC3=NC4N=CC=C4C(=O)N3)c2)CC1. The van der Waals surface area contributed by atoms with Crippen molar-refractivity contribution in [3.8, 4) is 0 Å². The van der Waals surface area contributed by atoms with Gasteiger partial charge in [-0.1, -0.05) is 6.07 Å². The molecule has 3 aliphatic rings. The predicted octanol–water partition coefficient (Wildman–Crippen LogP) is 0.673. The number of likely N-dealkylation sites (N-methyl/N-ethyl adjacent to an activating group) is 1. The molecule has 0 spiro atoms. The van der Waals surface area contributed by atoms with E-state index in [1.165, 1.54) is 5.69 Å². The maximum Gasteiger partial charge on any atom is 0.258 e. The van der Waals surface area contributed by atoms with Crippen LogP contribution in [0.5, 0.6) is 0 Å². The molecule has 0 saturated carbocycles. The van der Waals surface area contributed by atoms with Crippen LogP contribution < -0.4 is 15.5 Å². The summed E-state index contributed by atoms with van der Waals surface area (Å²) in [7, 11) is 2.15. The monoisotopic (exact) mass is 324 g/mol. The van der Waals surface area contributed by atoms with Gasteiger partial charge in [0.15, 0.2) is 6.17 Å². The first-order chi connectivity index (χ1) is 11.7. The summed E-state index contributed by atoms with van der Waals surface area (Å²) >= 11 is 0. The number of carbonyl (C=O) groups excluding carboxylic acids is 1. The summed E-state index contributed by atoms with van der Waals surface area (Å²) in [6.07, 6.45) is 2.91. The lowest BCUT2D eigenvalue weighted by Gasteiger charge is -2.34. The minimum atomic E-state index is -0.415. The van der Waals surface area contributed by atoms with Crippen LogP contribution >= 0.6 is 0 Å². The van der Waals surface area contributed by atoms with Crippen molar-refractivity contribution in [2.45, 2.75) is 6.17 Å². The molecule has 7 heteroatoms. The van der Waals surface area contributed by atoms with Gasteiger partial charge in [0, 0.05) is 43.8 Å². The highest BCUT2D eigenvalue weighted by molar-refractivity contribution is 6.14. The average Bonchev–Trinajstić information content (AvgIpc) is 3.05. The van der Waals surface area contributed by atoms with Gasteiger partial charge in [0.1, 0.15) is 0 Å². The first kappa shape index (κ1) is 14.9. The molecular weight excluding hydrogens is 304 g/mol. The van der Waals surface area contributed by atoms with Gasteiger partial charge in [-0.3, -0.25) is 15.1 Å². The third-order valence-electron chi connectivity index (χ3n) is 4.48. The smallest absolute Gasteiger partial charge is 0.258 e. The Bertz CT molecular complexity index is 745. The van der Waals surface area contributed by atoms with Gasteiger partial charge in [0.2, 0.25) is 5.96 Å². The van der Waals surface area contributed by atoms with Crippen molar-refractivity contribution in [1.82, 2.24) is 10.2 Å². The maximum absolute atomic E-state index is 12.0. The number of guanidine groups is 1. The Hall–Kier alpha value is -2.67. The zero-order chi connectivity index (χ0) is 16.5. The number of aliphatic imine (C=N–C) groups is 2. The molecule has 3 aliphatic heterocycles. The van der Waals surface area contributed by atoms with E-state index < -0.39 is 6.17 Å². The summed E-state index contributed by atoms with van der Waals surface area (Å²) in [4.78, 5) is 25.3. The Morgan fingerprint density at radius 3 is 2.92 bits per heavy atom. The number of carbonyl (C=O) groups is 1. The van der Waals surface area contributed by atoms with Crippen molar-refractivity contribution >= 4 is 29.5 Å². The van der Waals surface area contributed by atoms with Crippen molar-refractivity contribution in [1.29, 1.82) is 0 Å². The molecule has 1 fully saturated rings. The van der Waals surface area contributed by atoms with Crippen molar-refractivity contribution in [2.24, 2.45) is 9.98 Å². The molecule has 7 nitrogen and oxygen atoms in total. The number of benzene rings is 1. The van der Waals surface area contributed by atoms with E-state index in [9.17, 15) is 4.79 Å². The summed E-state index contributed by atoms with van der Waals surface area (Å²) in [5, 5.41) is 5.96. The highest BCUT2D eigenvalue weighted by Crippen LogP contribution is 2.22. The molecule has 1 aromatic rings.